The van der Waals surface area contributed by atoms with E-state index in [4.69, 9.17) is 18.4 Å². The van der Waals surface area contributed by atoms with Crippen molar-refractivity contribution in [3.8, 4) is 5.75 Å². The molecule has 0 aliphatic heterocycles. The molecular formula is C21H24N2O5. The van der Waals surface area contributed by atoms with E-state index < -0.39 is 12.1 Å². The molecular weight excluding hydrogens is 360 g/mol. The first-order valence-electron chi connectivity index (χ1n) is 9.83. The van der Waals surface area contributed by atoms with Crippen molar-refractivity contribution < 1.29 is 23.2 Å². The summed E-state index contributed by atoms with van der Waals surface area (Å²) in [6.45, 7) is 3.55. The van der Waals surface area contributed by atoms with E-state index >= 15 is 0 Å². The zero-order valence-electron chi connectivity index (χ0n) is 16.2. The van der Waals surface area contributed by atoms with Gasteiger partial charge in [-0.2, -0.15) is 4.98 Å². The number of carbonyl (C=O) groups is 1. The predicted octanol–water partition coefficient (Wildman–Crippen LogP) is 4.33. The van der Waals surface area contributed by atoms with E-state index in [-0.39, 0.29) is 6.61 Å². The molecule has 2 heterocycles. The van der Waals surface area contributed by atoms with Crippen LogP contribution in [0, 0.1) is 0 Å². The topological polar surface area (TPSA) is 87.6 Å². The van der Waals surface area contributed by atoms with Gasteiger partial charge < -0.3 is 18.4 Å². The Bertz CT molecular complexity index is 974. The average Bonchev–Trinajstić information content (AvgIpc) is 3.31. The second-order valence-corrected chi connectivity index (χ2v) is 7.09. The molecule has 1 atom stereocenters. The lowest BCUT2D eigenvalue weighted by Crippen LogP contribution is -2.17. The summed E-state index contributed by atoms with van der Waals surface area (Å²) in [4.78, 5) is 16.4. The Morgan fingerprint density at radius 1 is 1.29 bits per heavy atom. The number of hydrogen-bond donors (Lipinski definition) is 0. The molecule has 1 unspecified atom stereocenters. The van der Waals surface area contributed by atoms with Gasteiger partial charge in [0, 0.05) is 23.8 Å². The second kappa shape index (κ2) is 8.04. The van der Waals surface area contributed by atoms with Crippen molar-refractivity contribution in [1.82, 2.24) is 10.1 Å². The first-order chi connectivity index (χ1) is 13.6. The van der Waals surface area contributed by atoms with Crippen LogP contribution in [0.25, 0.3) is 11.0 Å². The maximum Gasteiger partial charge on any atom is 0.344 e. The Morgan fingerprint density at radius 2 is 2.14 bits per heavy atom. The maximum absolute atomic E-state index is 12.1. The third-order valence-electron chi connectivity index (χ3n) is 4.90. The minimum atomic E-state index is -0.613. The van der Waals surface area contributed by atoms with E-state index in [0.717, 1.165) is 42.4 Å². The molecule has 28 heavy (non-hydrogen) atoms. The first kappa shape index (κ1) is 18.5. The van der Waals surface area contributed by atoms with Gasteiger partial charge in [-0.1, -0.05) is 12.1 Å². The number of furan rings is 1. The van der Waals surface area contributed by atoms with Crippen molar-refractivity contribution in [3.05, 3.63) is 41.2 Å². The third-order valence-corrected chi connectivity index (χ3v) is 4.90. The van der Waals surface area contributed by atoms with Gasteiger partial charge in [0.25, 0.3) is 5.89 Å². The monoisotopic (exact) mass is 384 g/mol. The SMILES string of the molecule is CCCc1noc(C(C)OC(=O)COc2ccc3oc4c(c3c2)CCCC4)n1. The molecule has 7 heteroatoms. The van der Waals surface area contributed by atoms with Gasteiger partial charge in [0.15, 0.2) is 18.5 Å². The predicted molar refractivity (Wildman–Crippen MR) is 101 cm³/mol. The number of fused-ring (bicyclic) bond motifs is 3. The molecule has 0 fully saturated rings. The van der Waals surface area contributed by atoms with Crippen LogP contribution in [0.2, 0.25) is 0 Å². The fourth-order valence-electron chi connectivity index (χ4n) is 3.51. The van der Waals surface area contributed by atoms with Gasteiger partial charge in [-0.05, 0) is 50.8 Å². The number of benzene rings is 1. The molecule has 1 aliphatic carbocycles. The van der Waals surface area contributed by atoms with Crippen molar-refractivity contribution in [2.75, 3.05) is 6.61 Å². The van der Waals surface area contributed by atoms with Crippen molar-refractivity contribution in [2.45, 2.75) is 58.5 Å². The molecule has 3 aromatic rings. The van der Waals surface area contributed by atoms with Gasteiger partial charge in [0.1, 0.15) is 17.1 Å². The minimum absolute atomic E-state index is 0.189. The van der Waals surface area contributed by atoms with Crippen molar-refractivity contribution >= 4 is 16.9 Å². The van der Waals surface area contributed by atoms with Crippen LogP contribution < -0.4 is 4.74 Å². The Kier molecular flexibility index (Phi) is 5.32. The number of hydrogen-bond acceptors (Lipinski definition) is 7. The summed E-state index contributed by atoms with van der Waals surface area (Å²) < 4.78 is 22.0. The molecule has 1 aromatic carbocycles. The lowest BCUT2D eigenvalue weighted by molar-refractivity contribution is -0.152. The largest absolute Gasteiger partial charge is 0.482 e. The Labute approximate surface area is 163 Å². The highest BCUT2D eigenvalue weighted by Gasteiger charge is 2.20. The maximum atomic E-state index is 12.1. The lowest BCUT2D eigenvalue weighted by atomic mass is 9.96. The highest BCUT2D eigenvalue weighted by molar-refractivity contribution is 5.84. The number of nitrogens with zero attached hydrogens (tertiary/aromatic N) is 2. The quantitative estimate of drug-likeness (QED) is 0.560. The highest BCUT2D eigenvalue weighted by Crippen LogP contribution is 2.34. The molecule has 7 nitrogen and oxygen atoms in total. The van der Waals surface area contributed by atoms with Crippen molar-refractivity contribution in [2.24, 2.45) is 0 Å². The molecule has 0 spiro atoms. The van der Waals surface area contributed by atoms with Crippen molar-refractivity contribution in [1.29, 1.82) is 0 Å². The fourth-order valence-corrected chi connectivity index (χ4v) is 3.51. The van der Waals surface area contributed by atoms with Gasteiger partial charge in [-0.25, -0.2) is 4.79 Å². The summed E-state index contributed by atoms with van der Waals surface area (Å²) in [6.07, 6.45) is 5.39. The number of carbonyl (C=O) groups excluding carboxylic acids is 1. The van der Waals surface area contributed by atoms with Crippen LogP contribution in [0.15, 0.2) is 27.1 Å². The molecule has 0 saturated heterocycles. The van der Waals surface area contributed by atoms with E-state index in [1.54, 1.807) is 6.92 Å². The van der Waals surface area contributed by atoms with E-state index in [1.807, 2.05) is 25.1 Å². The molecule has 148 valence electrons. The van der Waals surface area contributed by atoms with Gasteiger partial charge in [-0.15, -0.1) is 0 Å². The first-order valence-corrected chi connectivity index (χ1v) is 9.83. The summed E-state index contributed by atoms with van der Waals surface area (Å²) in [5.41, 5.74) is 2.14. The minimum Gasteiger partial charge on any atom is -0.482 e. The molecule has 0 radical (unpaired) electrons. The average molecular weight is 384 g/mol. The van der Waals surface area contributed by atoms with Gasteiger partial charge in [0.2, 0.25) is 0 Å². The van der Waals surface area contributed by atoms with E-state index in [2.05, 4.69) is 10.1 Å². The van der Waals surface area contributed by atoms with Gasteiger partial charge in [0.05, 0.1) is 0 Å². The van der Waals surface area contributed by atoms with Crippen LogP contribution in [0.1, 0.15) is 62.3 Å². The summed E-state index contributed by atoms with van der Waals surface area (Å²) in [5, 5.41) is 4.94. The summed E-state index contributed by atoms with van der Waals surface area (Å²) in [6, 6.07) is 5.64. The number of ether oxygens (including phenoxy) is 2. The molecule has 1 aliphatic rings. The third kappa shape index (κ3) is 3.88. The second-order valence-electron chi connectivity index (χ2n) is 7.09. The number of aryl methyl sites for hydroxylation is 3. The molecule has 0 saturated carbocycles. The molecule has 4 rings (SSSR count). The van der Waals surface area contributed by atoms with Crippen LogP contribution >= 0.6 is 0 Å². The van der Waals surface area contributed by atoms with E-state index in [0.29, 0.717) is 17.5 Å². The zero-order valence-corrected chi connectivity index (χ0v) is 16.2. The molecule has 0 N–H and O–H groups in total. The molecule has 0 bridgehead atoms. The standard InChI is InChI=1S/C21H24N2O5/c1-3-6-19-22-21(28-23-19)13(2)26-20(24)12-25-14-9-10-18-16(11-14)15-7-4-5-8-17(15)27-18/h9-11,13H,3-8,12H2,1-2H3. The molecule has 0 amide bonds. The lowest BCUT2D eigenvalue weighted by Gasteiger charge is -2.11. The Morgan fingerprint density at radius 3 is 3.00 bits per heavy atom. The van der Waals surface area contributed by atoms with E-state index in [9.17, 15) is 4.79 Å². The summed E-state index contributed by atoms with van der Waals surface area (Å²) in [5.74, 6) is 2.12. The van der Waals surface area contributed by atoms with Gasteiger partial charge >= 0.3 is 5.97 Å². The van der Waals surface area contributed by atoms with Gasteiger partial charge in [-0.3, -0.25) is 0 Å². The summed E-state index contributed by atoms with van der Waals surface area (Å²) >= 11 is 0. The Hall–Kier alpha value is -2.83. The number of rotatable bonds is 7. The highest BCUT2D eigenvalue weighted by atomic mass is 16.6. The number of aromatic nitrogens is 2. The van der Waals surface area contributed by atoms with Crippen LogP contribution in [-0.2, 0) is 28.8 Å². The van der Waals surface area contributed by atoms with Crippen LogP contribution in [0.3, 0.4) is 0 Å². The van der Waals surface area contributed by atoms with E-state index in [1.165, 1.54) is 18.4 Å². The Balaban J connectivity index is 1.36. The summed E-state index contributed by atoms with van der Waals surface area (Å²) in [7, 11) is 0. The zero-order chi connectivity index (χ0) is 19.5. The van der Waals surface area contributed by atoms with Crippen LogP contribution in [0.5, 0.6) is 5.75 Å². The van der Waals surface area contributed by atoms with Crippen molar-refractivity contribution in [3.63, 3.8) is 0 Å². The van der Waals surface area contributed by atoms with Crippen LogP contribution in [-0.4, -0.2) is 22.7 Å². The number of esters is 1. The normalized spacial score (nSPS) is 14.6. The fraction of sp³-hybridized carbons (Fsp3) is 0.476. The van der Waals surface area contributed by atoms with Crippen LogP contribution in [0.4, 0.5) is 0 Å². The smallest absolute Gasteiger partial charge is 0.344 e. The molecule has 2 aromatic heterocycles.